The zero-order valence-electron chi connectivity index (χ0n) is 8.44. The quantitative estimate of drug-likeness (QED) is 0.430. The van der Waals surface area contributed by atoms with E-state index in [9.17, 15) is 22.4 Å². The largest absolute Gasteiger partial charge is 0.462 e. The van der Waals surface area contributed by atoms with Gasteiger partial charge in [0.15, 0.2) is 0 Å². The summed E-state index contributed by atoms with van der Waals surface area (Å²) in [5, 5.41) is 0. The van der Waals surface area contributed by atoms with Gasteiger partial charge in [0.1, 0.15) is 6.10 Å². The van der Waals surface area contributed by atoms with Crippen molar-refractivity contribution in [2.75, 3.05) is 6.61 Å². The summed E-state index contributed by atoms with van der Waals surface area (Å²) in [6, 6.07) is 0. The van der Waals surface area contributed by atoms with Crippen LogP contribution >= 0.6 is 0 Å². The second-order valence-electron chi connectivity index (χ2n) is 3.45. The summed E-state index contributed by atoms with van der Waals surface area (Å²) in [4.78, 5) is 10.8. The average Bonchev–Trinajstić information content (AvgIpc) is 2.15. The van der Waals surface area contributed by atoms with Gasteiger partial charge in [0, 0.05) is 12.0 Å². The fraction of sp³-hybridized carbons (Fsp3) is 0.667. The van der Waals surface area contributed by atoms with Crippen LogP contribution in [0.2, 0.25) is 0 Å². The number of alkyl halides is 4. The molecule has 0 aliphatic carbocycles. The molecule has 1 heterocycles. The minimum absolute atomic E-state index is 0.103. The lowest BCUT2D eigenvalue weighted by atomic mass is 10.0. The first-order valence-corrected chi connectivity index (χ1v) is 4.44. The summed E-state index contributed by atoms with van der Waals surface area (Å²) in [5.41, 5.74) is 0.103. The van der Waals surface area contributed by atoms with Crippen LogP contribution in [0.25, 0.3) is 0 Å². The van der Waals surface area contributed by atoms with E-state index in [2.05, 4.69) is 16.1 Å². The van der Waals surface area contributed by atoms with E-state index in [1.165, 1.54) is 6.92 Å². The first-order valence-electron chi connectivity index (χ1n) is 4.44. The van der Waals surface area contributed by atoms with Crippen molar-refractivity contribution in [3.8, 4) is 0 Å². The highest BCUT2D eigenvalue weighted by atomic mass is 19.3. The molecular formula is C9H10F4O3. The lowest BCUT2D eigenvalue weighted by molar-refractivity contribution is -0.477. The monoisotopic (exact) mass is 242 g/mol. The van der Waals surface area contributed by atoms with E-state index >= 15 is 0 Å². The number of hydrogen-bond donors (Lipinski definition) is 0. The molecule has 0 radical (unpaired) electrons. The minimum atomic E-state index is -4.42. The lowest BCUT2D eigenvalue weighted by Gasteiger charge is -2.42. The molecule has 1 aliphatic heterocycles. The van der Waals surface area contributed by atoms with E-state index < -0.39 is 37.1 Å². The molecular weight excluding hydrogens is 232 g/mol. The smallest absolute Gasteiger partial charge is 0.422 e. The van der Waals surface area contributed by atoms with E-state index in [1.54, 1.807) is 0 Å². The van der Waals surface area contributed by atoms with Crippen LogP contribution in [-0.4, -0.2) is 30.7 Å². The number of hydrogen-bond acceptors (Lipinski definition) is 3. The van der Waals surface area contributed by atoms with Crippen LogP contribution in [0.1, 0.15) is 13.3 Å². The van der Waals surface area contributed by atoms with Crippen molar-refractivity contribution in [3.63, 3.8) is 0 Å². The van der Waals surface area contributed by atoms with Gasteiger partial charge in [-0.3, -0.25) is 0 Å². The number of carbonyl (C=O) groups is 1. The Kier molecular flexibility index (Phi) is 3.27. The molecule has 0 aromatic heterocycles. The summed E-state index contributed by atoms with van der Waals surface area (Å²) in [5.74, 6) is -4.96. The second-order valence-corrected chi connectivity index (χ2v) is 3.45. The van der Waals surface area contributed by atoms with Crippen molar-refractivity contribution in [3.05, 3.63) is 12.2 Å². The van der Waals surface area contributed by atoms with Gasteiger partial charge in [-0.05, 0) is 6.92 Å². The molecule has 16 heavy (non-hydrogen) atoms. The maximum atomic E-state index is 12.6. The van der Waals surface area contributed by atoms with Gasteiger partial charge in [-0.2, -0.15) is 17.6 Å². The summed E-state index contributed by atoms with van der Waals surface area (Å²) < 4.78 is 57.8. The van der Waals surface area contributed by atoms with Crippen LogP contribution in [0.3, 0.4) is 0 Å². The van der Waals surface area contributed by atoms with Crippen LogP contribution < -0.4 is 0 Å². The maximum Gasteiger partial charge on any atom is 0.422 e. The molecule has 1 fully saturated rings. The molecule has 1 atom stereocenters. The van der Waals surface area contributed by atoms with E-state index in [0.717, 1.165) is 0 Å². The van der Waals surface area contributed by atoms with Gasteiger partial charge >= 0.3 is 18.0 Å². The average molecular weight is 242 g/mol. The maximum absolute atomic E-state index is 12.6. The van der Waals surface area contributed by atoms with Gasteiger partial charge in [-0.1, -0.05) is 6.58 Å². The van der Waals surface area contributed by atoms with Crippen molar-refractivity contribution in [2.24, 2.45) is 0 Å². The summed E-state index contributed by atoms with van der Waals surface area (Å²) >= 11 is 0. The Morgan fingerprint density at radius 3 is 2.38 bits per heavy atom. The molecule has 92 valence electrons. The van der Waals surface area contributed by atoms with Gasteiger partial charge in [0.05, 0.1) is 6.61 Å². The van der Waals surface area contributed by atoms with Gasteiger partial charge in [0.2, 0.25) is 0 Å². The van der Waals surface area contributed by atoms with Crippen molar-refractivity contribution < 1.29 is 31.8 Å². The predicted octanol–water partition coefficient (Wildman–Crippen LogP) is 2.12. The topological polar surface area (TPSA) is 35.5 Å². The Balaban J connectivity index is 2.32. The SMILES string of the molecule is C=C(C)C(=O)OCCC1OC(F)(F)C1(F)F. The first kappa shape index (κ1) is 13.0. The number of carbonyl (C=O) groups excluding carboxylic acids is 1. The molecule has 3 nitrogen and oxygen atoms in total. The molecule has 0 spiro atoms. The third-order valence-electron chi connectivity index (χ3n) is 2.04. The molecule has 1 unspecified atom stereocenters. The van der Waals surface area contributed by atoms with E-state index in [4.69, 9.17) is 0 Å². The summed E-state index contributed by atoms with van der Waals surface area (Å²) in [7, 11) is 0. The van der Waals surface area contributed by atoms with Gasteiger partial charge in [-0.25, -0.2) is 4.79 Å². The Labute approximate surface area is 89.0 Å². The van der Waals surface area contributed by atoms with Crippen molar-refractivity contribution >= 4 is 5.97 Å². The highest BCUT2D eigenvalue weighted by Crippen LogP contribution is 2.50. The first-order chi connectivity index (χ1) is 7.18. The molecule has 0 N–H and O–H groups in total. The molecule has 7 heteroatoms. The Hall–Kier alpha value is -1.11. The van der Waals surface area contributed by atoms with Gasteiger partial charge < -0.3 is 9.47 Å². The van der Waals surface area contributed by atoms with Gasteiger partial charge in [0.25, 0.3) is 0 Å². The zero-order chi connectivity index (χ0) is 12.6. The van der Waals surface area contributed by atoms with Crippen LogP contribution in [0, 0.1) is 0 Å². The van der Waals surface area contributed by atoms with Crippen molar-refractivity contribution in [1.29, 1.82) is 0 Å². The van der Waals surface area contributed by atoms with Crippen LogP contribution in [-0.2, 0) is 14.3 Å². The standard InChI is InChI=1S/C9H10F4O3/c1-5(2)7(14)15-4-3-6-8(10,11)9(12,13)16-6/h6H,1,3-4H2,2H3. The summed E-state index contributed by atoms with van der Waals surface area (Å²) in [6.45, 7) is 4.23. The molecule has 0 amide bonds. The fourth-order valence-corrected chi connectivity index (χ4v) is 1.08. The normalized spacial score (nSPS) is 25.7. The summed E-state index contributed by atoms with van der Waals surface area (Å²) in [6.07, 6.45) is -6.82. The highest BCUT2D eigenvalue weighted by molar-refractivity contribution is 5.86. The Morgan fingerprint density at radius 2 is 2.00 bits per heavy atom. The number of esters is 1. The van der Waals surface area contributed by atoms with Crippen LogP contribution in [0.4, 0.5) is 17.6 Å². The van der Waals surface area contributed by atoms with Crippen molar-refractivity contribution in [2.45, 2.75) is 31.5 Å². The predicted molar refractivity (Wildman–Crippen MR) is 45.2 cm³/mol. The van der Waals surface area contributed by atoms with E-state index in [0.29, 0.717) is 0 Å². The van der Waals surface area contributed by atoms with E-state index in [1.807, 2.05) is 0 Å². The number of ether oxygens (including phenoxy) is 2. The molecule has 1 aliphatic rings. The van der Waals surface area contributed by atoms with E-state index in [-0.39, 0.29) is 5.57 Å². The van der Waals surface area contributed by atoms with Gasteiger partial charge in [-0.15, -0.1) is 0 Å². The molecule has 0 aromatic carbocycles. The lowest BCUT2D eigenvalue weighted by Crippen LogP contribution is -2.65. The number of halogens is 4. The Bertz CT molecular complexity index is 314. The molecule has 0 bridgehead atoms. The van der Waals surface area contributed by atoms with Crippen LogP contribution in [0.5, 0.6) is 0 Å². The highest BCUT2D eigenvalue weighted by Gasteiger charge is 2.73. The van der Waals surface area contributed by atoms with Crippen molar-refractivity contribution in [1.82, 2.24) is 0 Å². The molecule has 0 saturated carbocycles. The molecule has 1 rings (SSSR count). The number of rotatable bonds is 4. The zero-order valence-corrected chi connectivity index (χ0v) is 8.44. The Morgan fingerprint density at radius 1 is 1.44 bits per heavy atom. The fourth-order valence-electron chi connectivity index (χ4n) is 1.08. The molecule has 1 saturated heterocycles. The molecule has 0 aromatic rings. The second kappa shape index (κ2) is 4.04. The third-order valence-corrected chi connectivity index (χ3v) is 2.04. The van der Waals surface area contributed by atoms with Crippen LogP contribution in [0.15, 0.2) is 12.2 Å². The third kappa shape index (κ3) is 2.18. The minimum Gasteiger partial charge on any atom is -0.462 e.